The van der Waals surface area contributed by atoms with Crippen molar-refractivity contribution in [1.29, 1.82) is 0 Å². The van der Waals surface area contributed by atoms with Crippen LogP contribution in [0.3, 0.4) is 0 Å². The zero-order valence-corrected chi connectivity index (χ0v) is 12.8. The van der Waals surface area contributed by atoms with Crippen molar-refractivity contribution in [2.75, 3.05) is 25.4 Å². The van der Waals surface area contributed by atoms with Gasteiger partial charge in [-0.25, -0.2) is 0 Å². The minimum atomic E-state index is 0.100. The lowest BCUT2D eigenvalue weighted by atomic mass is 10.1. The lowest BCUT2D eigenvalue weighted by molar-refractivity contribution is 0.00177. The number of amides is 1. The van der Waals surface area contributed by atoms with Crippen LogP contribution in [-0.2, 0) is 4.74 Å². The number of anilines is 1. The van der Waals surface area contributed by atoms with Crippen molar-refractivity contribution in [1.82, 2.24) is 9.47 Å². The van der Waals surface area contributed by atoms with E-state index in [1.54, 1.807) is 0 Å². The monoisotopic (exact) mass is 291 g/mol. The summed E-state index contributed by atoms with van der Waals surface area (Å²) in [6, 6.07) is 2.29. The molecule has 1 aliphatic carbocycles. The maximum absolute atomic E-state index is 12.8. The molecular weight excluding hydrogens is 266 g/mol. The van der Waals surface area contributed by atoms with Gasteiger partial charge in [0.25, 0.3) is 5.91 Å². The van der Waals surface area contributed by atoms with Crippen molar-refractivity contribution in [3.05, 3.63) is 18.0 Å². The van der Waals surface area contributed by atoms with Gasteiger partial charge < -0.3 is 19.9 Å². The summed E-state index contributed by atoms with van der Waals surface area (Å²) in [6.07, 6.45) is 7.47. The Kier molecular flexibility index (Phi) is 4.19. The van der Waals surface area contributed by atoms with E-state index in [4.69, 9.17) is 10.5 Å². The Morgan fingerprint density at radius 1 is 1.43 bits per heavy atom. The van der Waals surface area contributed by atoms with E-state index in [2.05, 4.69) is 11.5 Å². The Labute approximate surface area is 126 Å². The third kappa shape index (κ3) is 3.23. The topological polar surface area (TPSA) is 60.5 Å². The molecule has 0 radical (unpaired) electrons. The Morgan fingerprint density at radius 2 is 2.24 bits per heavy atom. The first-order valence-electron chi connectivity index (χ1n) is 8.07. The largest absolute Gasteiger partial charge is 0.397 e. The summed E-state index contributed by atoms with van der Waals surface area (Å²) < 4.78 is 7.88. The van der Waals surface area contributed by atoms with E-state index in [9.17, 15) is 4.79 Å². The van der Waals surface area contributed by atoms with Gasteiger partial charge in [0.05, 0.1) is 11.8 Å². The average molecular weight is 291 g/mol. The maximum Gasteiger partial charge on any atom is 0.270 e. The zero-order valence-electron chi connectivity index (χ0n) is 12.8. The first kappa shape index (κ1) is 14.4. The molecule has 0 spiro atoms. The summed E-state index contributed by atoms with van der Waals surface area (Å²) in [5, 5.41) is 0. The van der Waals surface area contributed by atoms with E-state index in [0.717, 1.165) is 50.9 Å². The fraction of sp³-hybridized carbons (Fsp3) is 0.688. The van der Waals surface area contributed by atoms with Crippen molar-refractivity contribution < 1.29 is 9.53 Å². The van der Waals surface area contributed by atoms with E-state index >= 15 is 0 Å². The quantitative estimate of drug-likeness (QED) is 0.906. The lowest BCUT2D eigenvalue weighted by Gasteiger charge is -2.32. The second-order valence-electron chi connectivity index (χ2n) is 6.18. The Morgan fingerprint density at radius 3 is 2.95 bits per heavy atom. The average Bonchev–Trinajstić information content (AvgIpc) is 3.27. The smallest absolute Gasteiger partial charge is 0.270 e. The van der Waals surface area contributed by atoms with Crippen LogP contribution in [0.25, 0.3) is 0 Å². The van der Waals surface area contributed by atoms with E-state index in [0.29, 0.717) is 18.3 Å². The van der Waals surface area contributed by atoms with Gasteiger partial charge in [-0.05, 0) is 38.2 Å². The predicted octanol–water partition coefficient (Wildman–Crippen LogP) is 2.44. The van der Waals surface area contributed by atoms with Crippen LogP contribution in [0.2, 0.25) is 0 Å². The molecule has 21 heavy (non-hydrogen) atoms. The number of carbonyl (C=O) groups excluding carboxylic acids is 1. The third-order valence-electron chi connectivity index (χ3n) is 4.25. The third-order valence-corrected chi connectivity index (χ3v) is 4.25. The lowest BCUT2D eigenvalue weighted by Crippen LogP contribution is -2.43. The van der Waals surface area contributed by atoms with Crippen molar-refractivity contribution in [3.63, 3.8) is 0 Å². The summed E-state index contributed by atoms with van der Waals surface area (Å²) in [5.74, 6) is 0.100. The number of nitrogens with two attached hydrogens (primary N) is 1. The fourth-order valence-electron chi connectivity index (χ4n) is 3.03. The van der Waals surface area contributed by atoms with Gasteiger partial charge in [0.15, 0.2) is 0 Å². The van der Waals surface area contributed by atoms with Gasteiger partial charge in [-0.1, -0.05) is 6.92 Å². The van der Waals surface area contributed by atoms with Crippen LogP contribution in [0.15, 0.2) is 12.3 Å². The highest BCUT2D eigenvalue weighted by atomic mass is 16.5. The molecule has 5 heteroatoms. The number of likely N-dealkylation sites (tertiary alicyclic amines) is 1. The second-order valence-corrected chi connectivity index (χ2v) is 6.18. The molecule has 1 aromatic heterocycles. The van der Waals surface area contributed by atoms with Crippen molar-refractivity contribution in [2.45, 2.75) is 51.2 Å². The molecule has 1 saturated heterocycles. The molecule has 2 fully saturated rings. The van der Waals surface area contributed by atoms with Gasteiger partial charge in [0.2, 0.25) is 0 Å². The highest BCUT2D eigenvalue weighted by Gasteiger charge is 2.31. The number of carbonyl (C=O) groups is 1. The minimum absolute atomic E-state index is 0.100. The molecule has 2 aliphatic rings. The number of aromatic nitrogens is 1. The second kappa shape index (κ2) is 6.10. The maximum atomic E-state index is 12.8. The number of piperidine rings is 1. The van der Waals surface area contributed by atoms with E-state index in [-0.39, 0.29) is 12.0 Å². The molecule has 1 amide bonds. The van der Waals surface area contributed by atoms with Crippen LogP contribution in [0, 0.1) is 0 Å². The van der Waals surface area contributed by atoms with E-state index in [1.165, 1.54) is 0 Å². The summed E-state index contributed by atoms with van der Waals surface area (Å²) in [7, 11) is 0. The van der Waals surface area contributed by atoms with Gasteiger partial charge in [-0.2, -0.15) is 0 Å². The fourth-order valence-corrected chi connectivity index (χ4v) is 3.03. The number of ether oxygens (including phenoxy) is 1. The van der Waals surface area contributed by atoms with Crippen molar-refractivity contribution >= 4 is 11.6 Å². The normalized spacial score (nSPS) is 22.5. The van der Waals surface area contributed by atoms with Crippen LogP contribution in [-0.4, -0.2) is 41.2 Å². The molecule has 0 aromatic carbocycles. The molecule has 2 heterocycles. The zero-order chi connectivity index (χ0) is 14.8. The Bertz CT molecular complexity index is 508. The summed E-state index contributed by atoms with van der Waals surface area (Å²) in [5.41, 5.74) is 7.31. The number of nitrogen functional groups attached to an aromatic ring is 1. The highest BCUT2D eigenvalue weighted by molar-refractivity contribution is 5.94. The molecule has 3 rings (SSSR count). The molecule has 1 aliphatic heterocycles. The standard InChI is InChI=1S/C16H25N3O2/c1-2-8-21-14-4-3-7-18(11-14)16(20)15-9-12(17)10-19(15)13-5-6-13/h9-10,13-14H,2-8,11,17H2,1H3. The number of hydrogen-bond acceptors (Lipinski definition) is 3. The number of hydrogen-bond donors (Lipinski definition) is 1. The van der Waals surface area contributed by atoms with Crippen LogP contribution >= 0.6 is 0 Å². The molecule has 2 N–H and O–H groups in total. The van der Waals surface area contributed by atoms with Gasteiger partial charge in [0, 0.05) is 31.9 Å². The molecule has 116 valence electrons. The van der Waals surface area contributed by atoms with E-state index < -0.39 is 0 Å². The Balaban J connectivity index is 1.69. The first-order chi connectivity index (χ1) is 10.2. The highest BCUT2D eigenvalue weighted by Crippen LogP contribution is 2.37. The summed E-state index contributed by atoms with van der Waals surface area (Å²) >= 11 is 0. The first-order valence-corrected chi connectivity index (χ1v) is 8.07. The summed E-state index contributed by atoms with van der Waals surface area (Å²) in [6.45, 7) is 4.41. The van der Waals surface area contributed by atoms with Gasteiger partial charge in [-0.3, -0.25) is 4.79 Å². The van der Waals surface area contributed by atoms with Crippen LogP contribution in [0.5, 0.6) is 0 Å². The van der Waals surface area contributed by atoms with Crippen LogP contribution < -0.4 is 5.73 Å². The van der Waals surface area contributed by atoms with Gasteiger partial charge in [0.1, 0.15) is 5.69 Å². The minimum Gasteiger partial charge on any atom is -0.397 e. The Hall–Kier alpha value is -1.49. The molecule has 0 bridgehead atoms. The van der Waals surface area contributed by atoms with Crippen molar-refractivity contribution in [3.8, 4) is 0 Å². The molecular formula is C16H25N3O2. The molecule has 5 nitrogen and oxygen atoms in total. The predicted molar refractivity (Wildman–Crippen MR) is 82.3 cm³/mol. The van der Waals surface area contributed by atoms with Crippen LogP contribution in [0.1, 0.15) is 55.6 Å². The van der Waals surface area contributed by atoms with Crippen LogP contribution in [0.4, 0.5) is 5.69 Å². The molecule has 1 atom stereocenters. The number of nitrogens with zero attached hydrogens (tertiary/aromatic N) is 2. The van der Waals surface area contributed by atoms with Crippen molar-refractivity contribution in [2.24, 2.45) is 0 Å². The number of rotatable bonds is 5. The summed E-state index contributed by atoms with van der Waals surface area (Å²) in [4.78, 5) is 14.7. The molecule has 1 unspecified atom stereocenters. The molecule has 1 aromatic rings. The van der Waals surface area contributed by atoms with Gasteiger partial charge in [-0.15, -0.1) is 0 Å². The van der Waals surface area contributed by atoms with E-state index in [1.807, 2.05) is 17.2 Å². The van der Waals surface area contributed by atoms with Gasteiger partial charge >= 0.3 is 0 Å². The molecule has 1 saturated carbocycles. The SMILES string of the molecule is CCCOC1CCCN(C(=O)c2cc(N)cn2C2CC2)C1.